The summed E-state index contributed by atoms with van der Waals surface area (Å²) in [7, 11) is 0. The third kappa shape index (κ3) is 2.87. The van der Waals surface area contributed by atoms with E-state index >= 15 is 0 Å². The molecule has 1 aliphatic carbocycles. The number of amides is 1. The van der Waals surface area contributed by atoms with Crippen LogP contribution in [-0.4, -0.2) is 38.7 Å². The number of aromatic nitrogens is 3. The molecular weight excluding hydrogens is 264 g/mol. The lowest BCUT2D eigenvalue weighted by atomic mass is 9.65. The Balaban J connectivity index is 1.53. The normalized spacial score (nSPS) is 21.8. The number of nitrogens with zero attached hydrogens (tertiary/aromatic N) is 4. The first-order valence-electron chi connectivity index (χ1n) is 7.96. The van der Waals surface area contributed by atoms with Gasteiger partial charge in [0, 0.05) is 19.6 Å². The molecule has 3 rings (SSSR count). The lowest BCUT2D eigenvalue weighted by Crippen LogP contribution is -2.50. The quantitative estimate of drug-likeness (QED) is 0.781. The van der Waals surface area contributed by atoms with Gasteiger partial charge in [0.2, 0.25) is 5.91 Å². The Bertz CT molecular complexity index is 484. The van der Waals surface area contributed by atoms with Crippen molar-refractivity contribution in [1.82, 2.24) is 19.7 Å². The Morgan fingerprint density at radius 2 is 2.14 bits per heavy atom. The molecule has 21 heavy (non-hydrogen) atoms. The lowest BCUT2D eigenvalue weighted by Gasteiger charge is -2.45. The van der Waals surface area contributed by atoms with E-state index in [1.165, 1.54) is 6.42 Å². The molecule has 114 valence electrons. The van der Waals surface area contributed by atoms with Crippen molar-refractivity contribution in [3.05, 3.63) is 25.3 Å². The number of carbonyl (C=O) groups is 1. The number of hydrogen-bond donors (Lipinski definition) is 0. The minimum atomic E-state index is -0.111. The fourth-order valence-corrected chi connectivity index (χ4v) is 3.63. The van der Waals surface area contributed by atoms with Crippen LogP contribution in [0.5, 0.6) is 0 Å². The highest BCUT2D eigenvalue weighted by atomic mass is 16.2. The molecule has 0 unspecified atom stereocenters. The van der Waals surface area contributed by atoms with Crippen molar-refractivity contribution < 1.29 is 4.79 Å². The zero-order chi connectivity index (χ0) is 14.7. The van der Waals surface area contributed by atoms with Gasteiger partial charge >= 0.3 is 0 Å². The molecule has 0 aromatic carbocycles. The van der Waals surface area contributed by atoms with Gasteiger partial charge in [0.15, 0.2) is 0 Å². The Labute approximate surface area is 126 Å². The summed E-state index contributed by atoms with van der Waals surface area (Å²) in [6.45, 7) is 6.51. The lowest BCUT2D eigenvalue weighted by molar-refractivity contribution is -0.148. The van der Waals surface area contributed by atoms with Gasteiger partial charge in [0.25, 0.3) is 0 Å². The van der Waals surface area contributed by atoms with Gasteiger partial charge in [-0.15, -0.1) is 6.58 Å². The molecule has 5 heteroatoms. The van der Waals surface area contributed by atoms with Crippen molar-refractivity contribution in [1.29, 1.82) is 0 Å². The summed E-state index contributed by atoms with van der Waals surface area (Å²) in [6, 6.07) is 0. The van der Waals surface area contributed by atoms with E-state index in [0.717, 1.165) is 51.7 Å². The van der Waals surface area contributed by atoms with Crippen molar-refractivity contribution in [2.75, 3.05) is 13.1 Å². The van der Waals surface area contributed by atoms with E-state index in [-0.39, 0.29) is 5.41 Å². The standard InChI is InChI=1S/C16H24N4O/c1-2-6-16(7-3-8-16)15(21)19-9-4-14(5-10-19)11-20-13-17-12-18-20/h2,12-14H,1,3-11H2. The van der Waals surface area contributed by atoms with Gasteiger partial charge < -0.3 is 4.90 Å². The largest absolute Gasteiger partial charge is 0.342 e. The first kappa shape index (κ1) is 14.3. The molecule has 0 radical (unpaired) electrons. The summed E-state index contributed by atoms with van der Waals surface area (Å²) in [6.07, 6.45) is 11.5. The Morgan fingerprint density at radius 3 is 2.67 bits per heavy atom. The number of carbonyl (C=O) groups excluding carboxylic acids is 1. The van der Waals surface area contributed by atoms with Crippen molar-refractivity contribution in [3.63, 3.8) is 0 Å². The molecular formula is C16H24N4O. The molecule has 0 atom stereocenters. The summed E-state index contributed by atoms with van der Waals surface area (Å²) in [5, 5.41) is 4.16. The van der Waals surface area contributed by atoms with Crippen LogP contribution in [0.2, 0.25) is 0 Å². The highest BCUT2D eigenvalue weighted by Gasteiger charge is 2.45. The third-order valence-corrected chi connectivity index (χ3v) is 5.11. The predicted molar refractivity (Wildman–Crippen MR) is 80.4 cm³/mol. The summed E-state index contributed by atoms with van der Waals surface area (Å²) in [5.74, 6) is 0.973. The Hall–Kier alpha value is -1.65. The third-order valence-electron chi connectivity index (χ3n) is 5.11. The SMILES string of the molecule is C=CCC1(C(=O)N2CCC(Cn3cncn3)CC2)CCC1. The Morgan fingerprint density at radius 1 is 1.38 bits per heavy atom. The summed E-state index contributed by atoms with van der Waals surface area (Å²) in [5.41, 5.74) is -0.111. The van der Waals surface area contributed by atoms with Gasteiger partial charge in [-0.25, -0.2) is 4.98 Å². The zero-order valence-corrected chi connectivity index (χ0v) is 12.6. The van der Waals surface area contributed by atoms with E-state index in [9.17, 15) is 4.79 Å². The van der Waals surface area contributed by atoms with E-state index in [0.29, 0.717) is 11.8 Å². The van der Waals surface area contributed by atoms with Crippen LogP contribution in [-0.2, 0) is 11.3 Å². The number of rotatable bonds is 5. The molecule has 0 N–H and O–H groups in total. The monoisotopic (exact) mass is 288 g/mol. The predicted octanol–water partition coefficient (Wildman–Crippen LogP) is 2.26. The zero-order valence-electron chi connectivity index (χ0n) is 12.6. The van der Waals surface area contributed by atoms with Crippen LogP contribution in [0, 0.1) is 11.3 Å². The maximum absolute atomic E-state index is 12.8. The molecule has 2 fully saturated rings. The van der Waals surface area contributed by atoms with Crippen LogP contribution in [0.4, 0.5) is 0 Å². The molecule has 5 nitrogen and oxygen atoms in total. The van der Waals surface area contributed by atoms with Gasteiger partial charge in [-0.2, -0.15) is 5.10 Å². The molecule has 0 bridgehead atoms. The maximum Gasteiger partial charge on any atom is 0.229 e. The molecule has 1 aliphatic heterocycles. The van der Waals surface area contributed by atoms with Crippen LogP contribution in [0.1, 0.15) is 38.5 Å². The number of hydrogen-bond acceptors (Lipinski definition) is 3. The fraction of sp³-hybridized carbons (Fsp3) is 0.688. The molecule has 1 saturated heterocycles. The first-order chi connectivity index (χ1) is 10.2. The fourth-order valence-electron chi connectivity index (χ4n) is 3.63. The number of likely N-dealkylation sites (tertiary alicyclic amines) is 1. The Kier molecular flexibility index (Phi) is 4.08. The average Bonchev–Trinajstić information content (AvgIpc) is 2.96. The van der Waals surface area contributed by atoms with E-state index in [1.807, 2.05) is 10.8 Å². The van der Waals surface area contributed by atoms with E-state index in [1.54, 1.807) is 12.7 Å². The molecule has 0 spiro atoms. The van der Waals surface area contributed by atoms with Crippen molar-refractivity contribution in [2.24, 2.45) is 11.3 Å². The average molecular weight is 288 g/mol. The highest BCUT2D eigenvalue weighted by Crippen LogP contribution is 2.46. The number of piperidine rings is 1. The van der Waals surface area contributed by atoms with E-state index in [2.05, 4.69) is 21.6 Å². The first-order valence-corrected chi connectivity index (χ1v) is 7.96. The van der Waals surface area contributed by atoms with Crippen molar-refractivity contribution in [3.8, 4) is 0 Å². The number of allylic oxidation sites excluding steroid dienone is 1. The minimum absolute atomic E-state index is 0.111. The second-order valence-corrected chi connectivity index (χ2v) is 6.48. The molecule has 1 saturated carbocycles. The smallest absolute Gasteiger partial charge is 0.229 e. The molecule has 1 aromatic heterocycles. The van der Waals surface area contributed by atoms with Crippen molar-refractivity contribution >= 4 is 5.91 Å². The van der Waals surface area contributed by atoms with Crippen LogP contribution in [0.15, 0.2) is 25.3 Å². The van der Waals surface area contributed by atoms with Gasteiger partial charge in [-0.1, -0.05) is 12.5 Å². The van der Waals surface area contributed by atoms with Gasteiger partial charge in [0.05, 0.1) is 5.41 Å². The highest BCUT2D eigenvalue weighted by molar-refractivity contribution is 5.84. The summed E-state index contributed by atoms with van der Waals surface area (Å²) >= 11 is 0. The van der Waals surface area contributed by atoms with E-state index < -0.39 is 0 Å². The molecule has 2 heterocycles. The maximum atomic E-state index is 12.8. The molecule has 2 aliphatic rings. The van der Waals surface area contributed by atoms with Gasteiger partial charge in [-0.3, -0.25) is 9.48 Å². The van der Waals surface area contributed by atoms with Crippen LogP contribution >= 0.6 is 0 Å². The second-order valence-electron chi connectivity index (χ2n) is 6.48. The topological polar surface area (TPSA) is 51.0 Å². The van der Waals surface area contributed by atoms with Crippen LogP contribution < -0.4 is 0 Å². The van der Waals surface area contributed by atoms with E-state index in [4.69, 9.17) is 0 Å². The van der Waals surface area contributed by atoms with Crippen LogP contribution in [0.3, 0.4) is 0 Å². The molecule has 1 amide bonds. The summed E-state index contributed by atoms with van der Waals surface area (Å²) in [4.78, 5) is 18.8. The second kappa shape index (κ2) is 6.00. The van der Waals surface area contributed by atoms with Gasteiger partial charge in [-0.05, 0) is 38.0 Å². The van der Waals surface area contributed by atoms with Crippen molar-refractivity contribution in [2.45, 2.75) is 45.1 Å². The summed E-state index contributed by atoms with van der Waals surface area (Å²) < 4.78 is 1.90. The van der Waals surface area contributed by atoms with Crippen LogP contribution in [0.25, 0.3) is 0 Å². The minimum Gasteiger partial charge on any atom is -0.342 e. The van der Waals surface area contributed by atoms with Gasteiger partial charge in [0.1, 0.15) is 12.7 Å². The molecule has 1 aromatic rings.